The van der Waals surface area contributed by atoms with Crippen molar-refractivity contribution in [3.05, 3.63) is 37.0 Å². The molecule has 2 aliphatic rings. The Morgan fingerprint density at radius 1 is 1.10 bits per heavy atom. The number of carbonyl (C=O) groups is 2. The van der Waals surface area contributed by atoms with Crippen LogP contribution in [0.25, 0.3) is 0 Å². The predicted octanol–water partition coefficient (Wildman–Crippen LogP) is 3.20. The van der Waals surface area contributed by atoms with Gasteiger partial charge in [-0.25, -0.2) is 0 Å². The zero-order valence-electron chi connectivity index (χ0n) is 13.2. The summed E-state index contributed by atoms with van der Waals surface area (Å²) in [6.07, 6.45) is 6.62. The van der Waals surface area contributed by atoms with Gasteiger partial charge in [-0.2, -0.15) is 0 Å². The third kappa shape index (κ3) is 2.39. The lowest BCUT2D eigenvalue weighted by Gasteiger charge is -2.21. The molecular weight excluding hydrogens is 262 g/mol. The molecule has 1 saturated heterocycles. The zero-order chi connectivity index (χ0) is 15.7. The average Bonchev–Trinajstić information content (AvgIpc) is 2.86. The highest BCUT2D eigenvalue weighted by atomic mass is 16.2. The first-order chi connectivity index (χ1) is 9.97. The van der Waals surface area contributed by atoms with E-state index in [-0.39, 0.29) is 35.5 Å². The van der Waals surface area contributed by atoms with Gasteiger partial charge < -0.3 is 0 Å². The van der Waals surface area contributed by atoms with Gasteiger partial charge in [0, 0.05) is 18.4 Å². The fraction of sp³-hybridized carbons (Fsp3) is 0.556. The Morgan fingerprint density at radius 3 is 1.90 bits per heavy atom. The van der Waals surface area contributed by atoms with Crippen molar-refractivity contribution in [2.24, 2.45) is 29.6 Å². The summed E-state index contributed by atoms with van der Waals surface area (Å²) in [6.45, 7) is 14.5. The number of likely N-dealkylation sites (tertiary alicyclic amines) is 1. The predicted molar refractivity (Wildman–Crippen MR) is 84.3 cm³/mol. The summed E-state index contributed by atoms with van der Waals surface area (Å²) in [5, 5.41) is 0. The lowest BCUT2D eigenvalue weighted by Crippen LogP contribution is -2.34. The molecule has 2 fully saturated rings. The summed E-state index contributed by atoms with van der Waals surface area (Å²) in [6, 6.07) is 0. The van der Waals surface area contributed by atoms with Gasteiger partial charge in [0.05, 0.1) is 11.8 Å². The normalized spacial score (nSPS) is 33.9. The first-order valence-corrected chi connectivity index (χ1v) is 7.79. The standard InChI is InChI=1S/C18H25NO2/c1-6-9-19-17(20)15-12(7-2)14(10-11(4)5)13(8-3)16(15)18(19)21/h7-8,10-13,15-16H,2-3,6,9H2,1,4-5H3/t12?,13?,15-,16+. The van der Waals surface area contributed by atoms with Crippen LogP contribution in [0.1, 0.15) is 27.2 Å². The van der Waals surface area contributed by atoms with Crippen LogP contribution >= 0.6 is 0 Å². The van der Waals surface area contributed by atoms with Gasteiger partial charge in [0.2, 0.25) is 11.8 Å². The molecule has 1 saturated carbocycles. The molecule has 0 radical (unpaired) electrons. The molecule has 2 rings (SSSR count). The number of amides is 2. The highest BCUT2D eigenvalue weighted by molar-refractivity contribution is 6.06. The van der Waals surface area contributed by atoms with E-state index in [1.807, 2.05) is 19.1 Å². The lowest BCUT2D eigenvalue weighted by molar-refractivity contribution is -0.140. The topological polar surface area (TPSA) is 37.4 Å². The van der Waals surface area contributed by atoms with Crippen LogP contribution in [-0.4, -0.2) is 23.3 Å². The number of imide groups is 1. The molecule has 21 heavy (non-hydrogen) atoms. The molecule has 0 aromatic heterocycles. The minimum atomic E-state index is -0.283. The molecule has 114 valence electrons. The maximum Gasteiger partial charge on any atom is 0.234 e. The molecule has 0 N–H and O–H groups in total. The van der Waals surface area contributed by atoms with E-state index < -0.39 is 0 Å². The largest absolute Gasteiger partial charge is 0.282 e. The molecule has 2 amide bonds. The summed E-state index contributed by atoms with van der Waals surface area (Å²) in [7, 11) is 0. The van der Waals surface area contributed by atoms with Crippen LogP contribution in [0.3, 0.4) is 0 Å². The Labute approximate surface area is 127 Å². The number of nitrogens with zero attached hydrogens (tertiary/aromatic N) is 1. The van der Waals surface area contributed by atoms with Gasteiger partial charge in [-0.3, -0.25) is 14.5 Å². The Kier molecular flexibility index (Phi) is 4.50. The maximum atomic E-state index is 12.6. The Morgan fingerprint density at radius 2 is 1.57 bits per heavy atom. The van der Waals surface area contributed by atoms with E-state index in [1.54, 1.807) is 0 Å². The minimum Gasteiger partial charge on any atom is -0.282 e. The van der Waals surface area contributed by atoms with Crippen molar-refractivity contribution < 1.29 is 9.59 Å². The van der Waals surface area contributed by atoms with E-state index in [0.717, 1.165) is 12.0 Å². The van der Waals surface area contributed by atoms with Crippen molar-refractivity contribution in [3.63, 3.8) is 0 Å². The molecule has 1 aliphatic carbocycles. The van der Waals surface area contributed by atoms with Gasteiger partial charge in [0.15, 0.2) is 0 Å². The fourth-order valence-corrected chi connectivity index (χ4v) is 3.78. The number of allylic oxidation sites excluding steroid dienone is 4. The van der Waals surface area contributed by atoms with Gasteiger partial charge in [-0.1, -0.05) is 44.6 Å². The van der Waals surface area contributed by atoms with Crippen molar-refractivity contribution in [1.29, 1.82) is 0 Å². The Hall–Kier alpha value is -1.64. The number of hydrogen-bond acceptors (Lipinski definition) is 2. The molecule has 3 nitrogen and oxygen atoms in total. The van der Waals surface area contributed by atoms with Crippen LogP contribution in [0, 0.1) is 29.6 Å². The second-order valence-electron chi connectivity index (χ2n) is 6.31. The van der Waals surface area contributed by atoms with Crippen molar-refractivity contribution in [3.8, 4) is 0 Å². The summed E-state index contributed by atoms with van der Waals surface area (Å²) in [5.74, 6) is -0.339. The van der Waals surface area contributed by atoms with E-state index in [0.29, 0.717) is 12.5 Å². The molecule has 0 aromatic rings. The molecule has 3 heteroatoms. The summed E-state index contributed by atoms with van der Waals surface area (Å²) >= 11 is 0. The monoisotopic (exact) mass is 287 g/mol. The SMILES string of the molecule is C=CC1C(=CC(C)C)C(C=C)[C@@H]2C(=O)N(CCC)C(=O)[C@H]12. The molecular formula is C18H25NO2. The molecule has 0 aromatic carbocycles. The van der Waals surface area contributed by atoms with Crippen LogP contribution < -0.4 is 0 Å². The van der Waals surface area contributed by atoms with Crippen LogP contribution in [0.15, 0.2) is 37.0 Å². The van der Waals surface area contributed by atoms with E-state index in [9.17, 15) is 9.59 Å². The molecule has 0 bridgehead atoms. The van der Waals surface area contributed by atoms with Gasteiger partial charge >= 0.3 is 0 Å². The van der Waals surface area contributed by atoms with Gasteiger partial charge in [-0.15, -0.1) is 13.2 Å². The van der Waals surface area contributed by atoms with Crippen molar-refractivity contribution in [2.75, 3.05) is 6.54 Å². The van der Waals surface area contributed by atoms with Gasteiger partial charge in [0.1, 0.15) is 0 Å². The third-order valence-corrected chi connectivity index (χ3v) is 4.51. The summed E-state index contributed by atoms with van der Waals surface area (Å²) < 4.78 is 0. The van der Waals surface area contributed by atoms with E-state index in [4.69, 9.17) is 0 Å². The molecule has 2 unspecified atom stereocenters. The highest BCUT2D eigenvalue weighted by Gasteiger charge is 2.58. The van der Waals surface area contributed by atoms with E-state index >= 15 is 0 Å². The fourth-order valence-electron chi connectivity index (χ4n) is 3.78. The van der Waals surface area contributed by atoms with E-state index in [1.165, 1.54) is 4.90 Å². The number of hydrogen-bond donors (Lipinski definition) is 0. The Bertz CT molecular complexity index is 467. The van der Waals surface area contributed by atoms with Crippen LogP contribution in [0.4, 0.5) is 0 Å². The first kappa shape index (κ1) is 15.7. The van der Waals surface area contributed by atoms with Crippen molar-refractivity contribution >= 4 is 11.8 Å². The molecule has 4 atom stereocenters. The second-order valence-corrected chi connectivity index (χ2v) is 6.31. The zero-order valence-corrected chi connectivity index (χ0v) is 13.2. The van der Waals surface area contributed by atoms with Gasteiger partial charge in [-0.05, 0) is 12.3 Å². The lowest BCUT2D eigenvalue weighted by atomic mass is 9.89. The van der Waals surface area contributed by atoms with Crippen molar-refractivity contribution in [2.45, 2.75) is 27.2 Å². The molecule has 1 aliphatic heterocycles. The maximum absolute atomic E-state index is 12.6. The quantitative estimate of drug-likeness (QED) is 0.575. The second kappa shape index (κ2) is 6.00. The first-order valence-electron chi connectivity index (χ1n) is 7.79. The smallest absolute Gasteiger partial charge is 0.234 e. The summed E-state index contributed by atoms with van der Waals surface area (Å²) in [4.78, 5) is 26.7. The highest BCUT2D eigenvalue weighted by Crippen LogP contribution is 2.52. The van der Waals surface area contributed by atoms with Crippen LogP contribution in [0.2, 0.25) is 0 Å². The average molecular weight is 287 g/mol. The van der Waals surface area contributed by atoms with Crippen LogP contribution in [-0.2, 0) is 9.59 Å². The Balaban J connectivity index is 2.47. The number of carbonyl (C=O) groups excluding carboxylic acids is 2. The molecule has 0 spiro atoms. The van der Waals surface area contributed by atoms with E-state index in [2.05, 4.69) is 33.1 Å². The molecule has 1 heterocycles. The van der Waals surface area contributed by atoms with Crippen LogP contribution in [0.5, 0.6) is 0 Å². The number of fused-ring (bicyclic) bond motifs is 1. The minimum absolute atomic E-state index is 0.0317. The number of rotatable bonds is 5. The third-order valence-electron chi connectivity index (χ3n) is 4.51. The van der Waals surface area contributed by atoms with Crippen molar-refractivity contribution in [1.82, 2.24) is 4.90 Å². The van der Waals surface area contributed by atoms with Gasteiger partial charge in [0.25, 0.3) is 0 Å². The summed E-state index contributed by atoms with van der Waals surface area (Å²) in [5.41, 5.74) is 1.14.